The summed E-state index contributed by atoms with van der Waals surface area (Å²) >= 11 is 1.42. The quantitative estimate of drug-likeness (QED) is 0.400. The van der Waals surface area contributed by atoms with Gasteiger partial charge in [0.2, 0.25) is 5.91 Å². The molecule has 1 fully saturated rings. The van der Waals surface area contributed by atoms with Gasteiger partial charge in [0, 0.05) is 18.2 Å². The lowest BCUT2D eigenvalue weighted by Crippen LogP contribution is -2.25. The van der Waals surface area contributed by atoms with E-state index in [0.717, 1.165) is 40.7 Å². The molecule has 35 heavy (non-hydrogen) atoms. The molecule has 0 saturated heterocycles. The average Bonchev–Trinajstić information content (AvgIpc) is 3.35. The Balaban J connectivity index is 1.49. The number of aromatic nitrogens is 3. The van der Waals surface area contributed by atoms with E-state index in [1.165, 1.54) is 31.0 Å². The zero-order valence-corrected chi connectivity index (χ0v) is 21.3. The number of carbonyl (C=O) groups excluding carboxylic acids is 1. The second-order valence-electron chi connectivity index (χ2n) is 8.45. The third-order valence-corrected chi connectivity index (χ3v) is 7.17. The normalized spacial score (nSPS) is 13.9. The summed E-state index contributed by atoms with van der Waals surface area (Å²) in [5, 5.41) is 12.8. The van der Waals surface area contributed by atoms with E-state index in [1.807, 2.05) is 42.5 Å². The monoisotopic (exact) mass is 496 g/mol. The van der Waals surface area contributed by atoms with E-state index in [1.54, 1.807) is 21.3 Å². The van der Waals surface area contributed by atoms with Gasteiger partial charge >= 0.3 is 0 Å². The fourth-order valence-corrected chi connectivity index (χ4v) is 5.18. The minimum Gasteiger partial charge on any atom is -0.497 e. The molecule has 0 atom stereocenters. The van der Waals surface area contributed by atoms with Gasteiger partial charge < -0.3 is 19.5 Å². The van der Waals surface area contributed by atoms with Crippen LogP contribution in [0, 0.1) is 0 Å². The molecular weight excluding hydrogens is 464 g/mol. The number of benzene rings is 2. The van der Waals surface area contributed by atoms with Gasteiger partial charge in [-0.25, -0.2) is 0 Å². The fourth-order valence-electron chi connectivity index (χ4n) is 4.34. The highest BCUT2D eigenvalue weighted by Gasteiger charge is 2.25. The molecule has 0 radical (unpaired) electrons. The minimum atomic E-state index is -0.0447. The Morgan fingerprint density at radius 2 is 1.71 bits per heavy atom. The van der Waals surface area contributed by atoms with Crippen molar-refractivity contribution in [2.45, 2.75) is 49.8 Å². The third-order valence-electron chi connectivity index (χ3n) is 6.23. The predicted octanol–water partition coefficient (Wildman–Crippen LogP) is 4.88. The standard InChI is InChI=1S/C26H32N4O4S/c1-32-21-12-9-18(10-13-21)16-27-24(31)17-35-26-29-28-25(30(26)20-7-5-4-6-8-20)19-11-14-22(33-2)23(15-19)34-3/h9-15,20H,4-8,16-17H2,1-3H3,(H,27,31). The van der Waals surface area contributed by atoms with E-state index in [9.17, 15) is 4.79 Å². The highest BCUT2D eigenvalue weighted by Crippen LogP contribution is 2.38. The number of hydrogen-bond acceptors (Lipinski definition) is 7. The van der Waals surface area contributed by atoms with Crippen LogP contribution in [0.1, 0.15) is 43.7 Å². The molecule has 1 aromatic heterocycles. The van der Waals surface area contributed by atoms with Crippen LogP contribution in [0.15, 0.2) is 47.6 Å². The maximum Gasteiger partial charge on any atom is 0.230 e. The number of amides is 1. The molecule has 1 heterocycles. The first-order valence-corrected chi connectivity index (χ1v) is 12.8. The Bertz CT molecular complexity index is 1130. The molecule has 0 unspecified atom stereocenters. The maximum absolute atomic E-state index is 12.6. The summed E-state index contributed by atoms with van der Waals surface area (Å²) in [7, 11) is 4.88. The number of rotatable bonds is 10. The van der Waals surface area contributed by atoms with Crippen LogP contribution in [-0.4, -0.2) is 47.8 Å². The van der Waals surface area contributed by atoms with Gasteiger partial charge in [0.05, 0.1) is 27.1 Å². The molecule has 1 saturated carbocycles. The minimum absolute atomic E-state index is 0.0447. The third kappa shape index (κ3) is 6.08. The van der Waals surface area contributed by atoms with Gasteiger partial charge in [0.25, 0.3) is 0 Å². The summed E-state index contributed by atoms with van der Waals surface area (Å²) in [6, 6.07) is 13.8. The summed E-state index contributed by atoms with van der Waals surface area (Å²) in [5.74, 6) is 3.13. The number of hydrogen-bond donors (Lipinski definition) is 1. The lowest BCUT2D eigenvalue weighted by atomic mass is 9.95. The lowest BCUT2D eigenvalue weighted by molar-refractivity contribution is -0.118. The Hall–Kier alpha value is -3.20. The van der Waals surface area contributed by atoms with E-state index in [4.69, 9.17) is 14.2 Å². The highest BCUT2D eigenvalue weighted by molar-refractivity contribution is 7.99. The van der Waals surface area contributed by atoms with Crippen LogP contribution in [-0.2, 0) is 11.3 Å². The molecule has 1 aliphatic carbocycles. The zero-order valence-electron chi connectivity index (χ0n) is 20.5. The van der Waals surface area contributed by atoms with Gasteiger partial charge in [-0.05, 0) is 48.7 Å². The number of thioether (sulfide) groups is 1. The zero-order chi connectivity index (χ0) is 24.6. The SMILES string of the molecule is COc1ccc(CNC(=O)CSc2nnc(-c3ccc(OC)c(OC)c3)n2C2CCCCC2)cc1. The van der Waals surface area contributed by atoms with Crippen molar-refractivity contribution in [3.05, 3.63) is 48.0 Å². The highest BCUT2D eigenvalue weighted by atomic mass is 32.2. The van der Waals surface area contributed by atoms with Crippen molar-refractivity contribution in [1.82, 2.24) is 20.1 Å². The van der Waals surface area contributed by atoms with Crippen LogP contribution in [0.25, 0.3) is 11.4 Å². The maximum atomic E-state index is 12.6. The molecule has 1 N–H and O–H groups in total. The predicted molar refractivity (Wildman–Crippen MR) is 136 cm³/mol. The molecule has 0 aliphatic heterocycles. The summed E-state index contributed by atoms with van der Waals surface area (Å²) < 4.78 is 18.3. The second kappa shape index (κ2) is 12.0. The number of methoxy groups -OCH3 is 3. The van der Waals surface area contributed by atoms with Crippen molar-refractivity contribution >= 4 is 17.7 Å². The van der Waals surface area contributed by atoms with Crippen molar-refractivity contribution in [3.63, 3.8) is 0 Å². The Labute approximate surface area is 210 Å². The van der Waals surface area contributed by atoms with Gasteiger partial charge in [0.15, 0.2) is 22.5 Å². The van der Waals surface area contributed by atoms with Crippen LogP contribution in [0.2, 0.25) is 0 Å². The number of ether oxygens (including phenoxy) is 3. The van der Waals surface area contributed by atoms with E-state index in [2.05, 4.69) is 20.1 Å². The molecule has 4 rings (SSSR count). The summed E-state index contributed by atoms with van der Waals surface area (Å²) in [4.78, 5) is 12.6. The van der Waals surface area contributed by atoms with Crippen molar-refractivity contribution in [2.75, 3.05) is 27.1 Å². The van der Waals surface area contributed by atoms with E-state index >= 15 is 0 Å². The fraction of sp³-hybridized carbons (Fsp3) is 0.423. The van der Waals surface area contributed by atoms with E-state index < -0.39 is 0 Å². The number of carbonyl (C=O) groups is 1. The molecule has 2 aromatic carbocycles. The van der Waals surface area contributed by atoms with Crippen LogP contribution in [0.3, 0.4) is 0 Å². The molecular formula is C26H32N4O4S. The van der Waals surface area contributed by atoms with Gasteiger partial charge in [0.1, 0.15) is 5.75 Å². The topological polar surface area (TPSA) is 87.5 Å². The van der Waals surface area contributed by atoms with Crippen LogP contribution in [0.4, 0.5) is 0 Å². The molecule has 186 valence electrons. The van der Waals surface area contributed by atoms with Gasteiger partial charge in [-0.15, -0.1) is 10.2 Å². The van der Waals surface area contributed by atoms with Gasteiger partial charge in [-0.1, -0.05) is 43.2 Å². The first-order chi connectivity index (χ1) is 17.1. The number of nitrogens with zero attached hydrogens (tertiary/aromatic N) is 3. The largest absolute Gasteiger partial charge is 0.497 e. The van der Waals surface area contributed by atoms with Crippen molar-refractivity contribution in [2.24, 2.45) is 0 Å². The molecule has 1 aliphatic rings. The molecule has 0 spiro atoms. The molecule has 0 bridgehead atoms. The first kappa shape index (κ1) is 24.9. The molecule has 8 nitrogen and oxygen atoms in total. The molecule has 1 amide bonds. The van der Waals surface area contributed by atoms with Gasteiger partial charge in [-0.3, -0.25) is 9.36 Å². The van der Waals surface area contributed by atoms with Gasteiger partial charge in [-0.2, -0.15) is 0 Å². The molecule has 9 heteroatoms. The molecule has 3 aromatic rings. The number of nitrogens with one attached hydrogen (secondary N) is 1. The summed E-state index contributed by atoms with van der Waals surface area (Å²) in [6.07, 6.45) is 5.77. The van der Waals surface area contributed by atoms with Crippen molar-refractivity contribution < 1.29 is 19.0 Å². The summed E-state index contributed by atoms with van der Waals surface area (Å²) in [5.41, 5.74) is 1.93. The van der Waals surface area contributed by atoms with Crippen molar-refractivity contribution in [3.8, 4) is 28.6 Å². The lowest BCUT2D eigenvalue weighted by Gasteiger charge is -2.25. The Morgan fingerprint density at radius 3 is 2.40 bits per heavy atom. The second-order valence-corrected chi connectivity index (χ2v) is 9.39. The Kier molecular flexibility index (Phi) is 8.52. The van der Waals surface area contributed by atoms with Crippen LogP contribution >= 0.6 is 11.8 Å². The van der Waals surface area contributed by atoms with Crippen molar-refractivity contribution in [1.29, 1.82) is 0 Å². The smallest absolute Gasteiger partial charge is 0.230 e. The van der Waals surface area contributed by atoms with Crippen LogP contribution < -0.4 is 19.5 Å². The van der Waals surface area contributed by atoms with Crippen LogP contribution in [0.5, 0.6) is 17.2 Å². The van der Waals surface area contributed by atoms with E-state index in [0.29, 0.717) is 24.1 Å². The Morgan fingerprint density at radius 1 is 0.971 bits per heavy atom. The average molecular weight is 497 g/mol. The first-order valence-electron chi connectivity index (χ1n) is 11.8. The van der Waals surface area contributed by atoms with E-state index in [-0.39, 0.29) is 11.7 Å². The summed E-state index contributed by atoms with van der Waals surface area (Å²) in [6.45, 7) is 0.468.